The fourth-order valence-electron chi connectivity index (χ4n) is 3.19. The fourth-order valence-corrected chi connectivity index (χ4v) is 3.19. The number of rotatable bonds is 11. The lowest BCUT2D eigenvalue weighted by Gasteiger charge is -2.29. The summed E-state index contributed by atoms with van der Waals surface area (Å²) in [6.45, 7) is 5.96. The molecule has 0 saturated carbocycles. The molecule has 164 valence electrons. The van der Waals surface area contributed by atoms with E-state index in [4.69, 9.17) is 9.47 Å². The van der Waals surface area contributed by atoms with Crippen LogP contribution in [0.15, 0.2) is 42.6 Å². The van der Waals surface area contributed by atoms with Gasteiger partial charge in [-0.05, 0) is 42.3 Å². The number of hydrogen-bond acceptors (Lipinski definition) is 4. The molecule has 1 heterocycles. The third-order valence-corrected chi connectivity index (χ3v) is 4.86. The number of carbonyl (C=O) groups is 2. The van der Waals surface area contributed by atoms with Crippen LogP contribution in [0.2, 0.25) is 0 Å². The first-order valence-corrected chi connectivity index (χ1v) is 10.2. The third-order valence-electron chi connectivity index (χ3n) is 4.86. The molecule has 0 bridgehead atoms. The van der Waals surface area contributed by atoms with Crippen LogP contribution in [-0.4, -0.2) is 66.6 Å². The van der Waals surface area contributed by atoms with E-state index in [-0.39, 0.29) is 24.3 Å². The van der Waals surface area contributed by atoms with Gasteiger partial charge in [0.1, 0.15) is 12.3 Å². The summed E-state index contributed by atoms with van der Waals surface area (Å²) in [5.74, 6) is 0.660. The van der Waals surface area contributed by atoms with Crippen LogP contribution in [0.3, 0.4) is 0 Å². The number of aryl methyl sites for hydroxylation is 1. The molecule has 0 radical (unpaired) electrons. The smallest absolute Gasteiger partial charge is 0.254 e. The highest BCUT2D eigenvalue weighted by molar-refractivity contribution is 5.96. The molecule has 0 aliphatic carbocycles. The molecule has 1 aromatic heterocycles. The molecule has 0 unspecified atom stereocenters. The summed E-state index contributed by atoms with van der Waals surface area (Å²) in [5.41, 5.74) is 1.56. The van der Waals surface area contributed by atoms with Crippen molar-refractivity contribution < 1.29 is 19.1 Å². The summed E-state index contributed by atoms with van der Waals surface area (Å²) >= 11 is 0. The Hall–Kier alpha value is -2.80. The van der Waals surface area contributed by atoms with Crippen LogP contribution in [0, 0.1) is 5.92 Å². The second-order valence-electron chi connectivity index (χ2n) is 7.73. The monoisotopic (exact) mass is 415 g/mol. The molecule has 0 aliphatic heterocycles. The van der Waals surface area contributed by atoms with Crippen molar-refractivity contribution in [2.45, 2.75) is 20.4 Å². The minimum absolute atomic E-state index is 0.0250. The molecule has 7 nitrogen and oxygen atoms in total. The highest BCUT2D eigenvalue weighted by Crippen LogP contribution is 2.15. The number of carbonyl (C=O) groups excluding carboxylic acids is 2. The number of benzene rings is 1. The summed E-state index contributed by atoms with van der Waals surface area (Å²) in [5, 5.41) is 0. The summed E-state index contributed by atoms with van der Waals surface area (Å²) in [4.78, 5) is 29.6. The molecule has 0 spiro atoms. The highest BCUT2D eigenvalue weighted by atomic mass is 16.5. The standard InChI is InChI=1S/C23H33N3O4/c1-18(2)15-26(23(28)19-8-10-21(30-5)11-9-19)17-22(27)25(13-14-29-4)16-20-7-6-12-24(20)3/h6-12,18H,13-17H2,1-5H3. The van der Waals surface area contributed by atoms with Crippen molar-refractivity contribution in [3.63, 3.8) is 0 Å². The molecular formula is C23H33N3O4. The zero-order valence-electron chi connectivity index (χ0n) is 18.6. The second-order valence-corrected chi connectivity index (χ2v) is 7.73. The molecule has 0 N–H and O–H groups in total. The van der Waals surface area contributed by atoms with Crippen molar-refractivity contribution in [1.29, 1.82) is 0 Å². The van der Waals surface area contributed by atoms with E-state index < -0.39 is 0 Å². The Morgan fingerprint density at radius 2 is 1.77 bits per heavy atom. The van der Waals surface area contributed by atoms with Gasteiger partial charge in [-0.15, -0.1) is 0 Å². The van der Waals surface area contributed by atoms with Crippen LogP contribution in [0.5, 0.6) is 5.75 Å². The summed E-state index contributed by atoms with van der Waals surface area (Å²) in [7, 11) is 5.15. The molecule has 0 atom stereocenters. The predicted molar refractivity (Wildman–Crippen MR) is 116 cm³/mol. The van der Waals surface area contributed by atoms with Gasteiger partial charge in [-0.1, -0.05) is 13.8 Å². The summed E-state index contributed by atoms with van der Waals surface area (Å²) < 4.78 is 12.3. The van der Waals surface area contributed by atoms with Gasteiger partial charge >= 0.3 is 0 Å². The largest absolute Gasteiger partial charge is 0.497 e. The Morgan fingerprint density at radius 1 is 1.07 bits per heavy atom. The van der Waals surface area contributed by atoms with Gasteiger partial charge in [-0.3, -0.25) is 9.59 Å². The lowest BCUT2D eigenvalue weighted by Crippen LogP contribution is -2.45. The Kier molecular flexibility index (Phi) is 8.92. The zero-order chi connectivity index (χ0) is 22.1. The first-order chi connectivity index (χ1) is 14.3. The fraction of sp³-hybridized carbons (Fsp3) is 0.478. The van der Waals surface area contributed by atoms with Crippen molar-refractivity contribution in [3.8, 4) is 5.75 Å². The van der Waals surface area contributed by atoms with E-state index in [2.05, 4.69) is 0 Å². The van der Waals surface area contributed by atoms with Gasteiger partial charge in [-0.25, -0.2) is 0 Å². The molecule has 0 saturated heterocycles. The molecule has 1 aromatic carbocycles. The van der Waals surface area contributed by atoms with Gasteiger partial charge in [0.15, 0.2) is 0 Å². The number of methoxy groups -OCH3 is 2. The normalized spacial score (nSPS) is 10.9. The van der Waals surface area contributed by atoms with Crippen molar-refractivity contribution in [2.24, 2.45) is 13.0 Å². The molecule has 0 fully saturated rings. The maximum absolute atomic E-state index is 13.2. The lowest BCUT2D eigenvalue weighted by atomic mass is 10.1. The van der Waals surface area contributed by atoms with Gasteiger partial charge in [0.2, 0.25) is 5.91 Å². The van der Waals surface area contributed by atoms with Crippen LogP contribution in [0.4, 0.5) is 0 Å². The summed E-state index contributed by atoms with van der Waals surface area (Å²) in [6.07, 6.45) is 1.95. The number of ether oxygens (including phenoxy) is 2. The van der Waals surface area contributed by atoms with Gasteiger partial charge in [-0.2, -0.15) is 0 Å². The number of aromatic nitrogens is 1. The Morgan fingerprint density at radius 3 is 2.30 bits per heavy atom. The second kappa shape index (κ2) is 11.4. The van der Waals surface area contributed by atoms with Crippen LogP contribution >= 0.6 is 0 Å². The molecule has 0 aliphatic rings. The van der Waals surface area contributed by atoms with Crippen LogP contribution < -0.4 is 4.74 Å². The summed E-state index contributed by atoms with van der Waals surface area (Å²) in [6, 6.07) is 10.9. The van der Waals surface area contributed by atoms with E-state index in [1.54, 1.807) is 48.3 Å². The van der Waals surface area contributed by atoms with Crippen LogP contribution in [0.1, 0.15) is 29.9 Å². The lowest BCUT2D eigenvalue weighted by molar-refractivity contribution is -0.133. The van der Waals surface area contributed by atoms with Gasteiger partial charge in [0, 0.05) is 44.7 Å². The van der Waals surface area contributed by atoms with Crippen molar-refractivity contribution in [1.82, 2.24) is 14.4 Å². The average Bonchev–Trinajstić information content (AvgIpc) is 3.14. The van der Waals surface area contributed by atoms with E-state index in [0.29, 0.717) is 37.6 Å². The third kappa shape index (κ3) is 6.62. The SMILES string of the molecule is COCCN(Cc1cccn1C)C(=O)CN(CC(C)C)C(=O)c1ccc(OC)cc1. The van der Waals surface area contributed by atoms with E-state index in [1.807, 2.05) is 43.8 Å². The predicted octanol–water partition coefficient (Wildman–Crippen LogP) is 2.81. The minimum atomic E-state index is -0.162. The average molecular weight is 416 g/mol. The van der Waals surface area contributed by atoms with E-state index in [0.717, 1.165) is 5.69 Å². The molecule has 2 amide bonds. The number of amides is 2. The molecule has 2 rings (SSSR count). The molecule has 7 heteroatoms. The first kappa shape index (κ1) is 23.5. The van der Waals surface area contributed by atoms with Crippen molar-refractivity contribution in [2.75, 3.05) is 40.5 Å². The van der Waals surface area contributed by atoms with Crippen LogP contribution in [0.25, 0.3) is 0 Å². The minimum Gasteiger partial charge on any atom is -0.497 e. The van der Waals surface area contributed by atoms with Crippen LogP contribution in [-0.2, 0) is 23.1 Å². The highest BCUT2D eigenvalue weighted by Gasteiger charge is 2.23. The van der Waals surface area contributed by atoms with E-state index in [9.17, 15) is 9.59 Å². The van der Waals surface area contributed by atoms with Gasteiger partial charge in [0.25, 0.3) is 5.91 Å². The number of hydrogen-bond donors (Lipinski definition) is 0. The maximum atomic E-state index is 13.2. The molecular weight excluding hydrogens is 382 g/mol. The molecule has 2 aromatic rings. The van der Waals surface area contributed by atoms with Crippen molar-refractivity contribution in [3.05, 3.63) is 53.9 Å². The van der Waals surface area contributed by atoms with Crippen molar-refractivity contribution >= 4 is 11.8 Å². The Balaban J connectivity index is 2.17. The van der Waals surface area contributed by atoms with Gasteiger partial charge in [0.05, 0.1) is 20.3 Å². The van der Waals surface area contributed by atoms with E-state index >= 15 is 0 Å². The number of nitrogens with zero attached hydrogens (tertiary/aromatic N) is 3. The quantitative estimate of drug-likeness (QED) is 0.566. The zero-order valence-corrected chi connectivity index (χ0v) is 18.6. The topological polar surface area (TPSA) is 64.0 Å². The first-order valence-electron chi connectivity index (χ1n) is 10.2. The van der Waals surface area contributed by atoms with E-state index in [1.165, 1.54) is 0 Å². The molecule has 30 heavy (non-hydrogen) atoms. The Labute approximate surface area is 179 Å². The Bertz CT molecular complexity index is 814. The maximum Gasteiger partial charge on any atom is 0.254 e. The van der Waals surface area contributed by atoms with Gasteiger partial charge < -0.3 is 23.8 Å².